The number of likely N-dealkylation sites (N-methyl/N-ethyl adjacent to an activating group) is 1. The molecule has 0 spiro atoms. The van der Waals surface area contributed by atoms with E-state index in [0.717, 1.165) is 12.8 Å². The van der Waals surface area contributed by atoms with Crippen LogP contribution in [0.15, 0.2) is 34.8 Å². The number of fused-ring (bicyclic) bond motifs is 3. The van der Waals surface area contributed by atoms with Crippen molar-refractivity contribution >= 4 is 23.3 Å². The SMILES string of the molecule is CN(C)[C@@H]1C(O)=C(C(N)=O)C(=O)[C@@]2(O)C(O)=C3C(=O)c4c(O)ccc(C(=O)CNC5CCOCC5)c4C[C@H]3C[C@@H]12. The van der Waals surface area contributed by atoms with E-state index in [1.807, 2.05) is 0 Å². The standard InChI is InChI=1S/C28H33N3O9/c1-31(2)22-16-10-12-9-15-14(18(33)11-30-13-5-7-40-8-6-13)3-4-17(32)20(15)23(34)19(12)25(36)28(16,39)26(37)21(24(22)35)27(29)38/h3-4,12-13,16,22,30,32,35-36,39H,5-11H2,1-2H3,(H2,29,38)/t12-,16-,22-,28-/m0/s1. The molecule has 0 aromatic heterocycles. The quantitative estimate of drug-likeness (QED) is 0.205. The molecule has 1 aliphatic heterocycles. The molecule has 7 N–H and O–H groups in total. The highest BCUT2D eigenvalue weighted by molar-refractivity contribution is 6.25. The number of phenols is 1. The van der Waals surface area contributed by atoms with Crippen molar-refractivity contribution in [2.75, 3.05) is 33.9 Å². The Morgan fingerprint density at radius 3 is 2.45 bits per heavy atom. The number of carbonyl (C=O) groups is 4. The third-order valence-electron chi connectivity index (χ3n) is 8.68. The van der Waals surface area contributed by atoms with Gasteiger partial charge in [-0.2, -0.15) is 0 Å². The smallest absolute Gasteiger partial charge is 0.255 e. The van der Waals surface area contributed by atoms with Gasteiger partial charge >= 0.3 is 0 Å². The number of amides is 1. The number of ketones is 3. The molecule has 40 heavy (non-hydrogen) atoms. The highest BCUT2D eigenvalue weighted by Gasteiger charge is 2.63. The van der Waals surface area contributed by atoms with Gasteiger partial charge in [-0.3, -0.25) is 24.1 Å². The number of phenolic OH excluding ortho intramolecular Hbond substituents is 1. The first kappa shape index (κ1) is 28.0. The van der Waals surface area contributed by atoms with Crippen LogP contribution in [-0.2, 0) is 20.7 Å². The summed E-state index contributed by atoms with van der Waals surface area (Å²) < 4.78 is 5.35. The molecule has 1 aromatic rings. The molecule has 0 unspecified atom stereocenters. The number of Topliss-reactive ketones (excluding diaryl/α,β-unsaturated/α-hetero) is 3. The largest absolute Gasteiger partial charge is 0.510 e. The second-order valence-electron chi connectivity index (χ2n) is 11.1. The number of hydrogen-bond acceptors (Lipinski definition) is 11. The number of primary amides is 1. The lowest BCUT2D eigenvalue weighted by Crippen LogP contribution is -2.63. The van der Waals surface area contributed by atoms with Gasteiger partial charge in [0.2, 0.25) is 5.78 Å². The molecule has 4 aliphatic rings. The second kappa shape index (κ2) is 10.1. The summed E-state index contributed by atoms with van der Waals surface area (Å²) >= 11 is 0. The molecule has 12 heteroatoms. The topological polar surface area (TPSA) is 200 Å². The number of nitrogens with zero attached hydrogens (tertiary/aromatic N) is 1. The first-order valence-electron chi connectivity index (χ1n) is 13.2. The van der Waals surface area contributed by atoms with Gasteiger partial charge in [-0.1, -0.05) is 0 Å². The molecule has 0 bridgehead atoms. The summed E-state index contributed by atoms with van der Waals surface area (Å²) in [4.78, 5) is 54.0. The van der Waals surface area contributed by atoms with Gasteiger partial charge in [-0.25, -0.2) is 0 Å². The van der Waals surface area contributed by atoms with E-state index in [1.54, 1.807) is 14.1 Å². The molecule has 214 valence electrons. The predicted molar refractivity (Wildman–Crippen MR) is 140 cm³/mol. The molecule has 12 nitrogen and oxygen atoms in total. The summed E-state index contributed by atoms with van der Waals surface area (Å²) in [6.07, 6.45) is 1.55. The van der Waals surface area contributed by atoms with Crippen LogP contribution in [-0.4, -0.2) is 100 Å². The lowest BCUT2D eigenvalue weighted by molar-refractivity contribution is -0.148. The fraction of sp³-hybridized carbons (Fsp3) is 0.500. The molecule has 1 saturated heterocycles. The fourth-order valence-electron chi connectivity index (χ4n) is 6.75. The predicted octanol–water partition coefficient (Wildman–Crippen LogP) is 0.0719. The summed E-state index contributed by atoms with van der Waals surface area (Å²) in [5.41, 5.74) is 1.90. The van der Waals surface area contributed by atoms with Crippen LogP contribution in [0.1, 0.15) is 45.5 Å². The molecule has 5 rings (SSSR count). The summed E-state index contributed by atoms with van der Waals surface area (Å²) in [6.45, 7) is 1.22. The zero-order chi connectivity index (χ0) is 29.1. The maximum atomic E-state index is 13.8. The van der Waals surface area contributed by atoms with E-state index in [-0.39, 0.29) is 47.9 Å². The van der Waals surface area contributed by atoms with Crippen LogP contribution in [0.4, 0.5) is 0 Å². The molecule has 1 amide bonds. The van der Waals surface area contributed by atoms with Crippen molar-refractivity contribution in [3.8, 4) is 5.75 Å². The summed E-state index contributed by atoms with van der Waals surface area (Å²) in [5, 5.41) is 47.8. The summed E-state index contributed by atoms with van der Waals surface area (Å²) in [7, 11) is 3.13. The Hall–Kier alpha value is -3.58. The van der Waals surface area contributed by atoms with E-state index in [1.165, 1.54) is 17.0 Å². The van der Waals surface area contributed by atoms with E-state index in [0.29, 0.717) is 18.8 Å². The molecule has 1 aromatic carbocycles. The van der Waals surface area contributed by atoms with Crippen LogP contribution in [0.3, 0.4) is 0 Å². The lowest BCUT2D eigenvalue weighted by atomic mass is 9.58. The molecule has 4 atom stereocenters. The van der Waals surface area contributed by atoms with Gasteiger partial charge in [0.1, 0.15) is 22.8 Å². The van der Waals surface area contributed by atoms with E-state index in [4.69, 9.17) is 10.5 Å². The fourth-order valence-corrected chi connectivity index (χ4v) is 6.75. The molecule has 1 fully saturated rings. The first-order valence-corrected chi connectivity index (χ1v) is 13.2. The number of rotatable bonds is 6. The number of carbonyl (C=O) groups excluding carboxylic acids is 4. The van der Waals surface area contributed by atoms with Crippen molar-refractivity contribution in [2.24, 2.45) is 17.6 Å². The van der Waals surface area contributed by atoms with Gasteiger partial charge < -0.3 is 36.2 Å². The highest BCUT2D eigenvalue weighted by atomic mass is 16.5. The van der Waals surface area contributed by atoms with Crippen molar-refractivity contribution in [2.45, 2.75) is 43.4 Å². The Bertz CT molecular complexity index is 1370. The monoisotopic (exact) mass is 555 g/mol. The van der Waals surface area contributed by atoms with Crippen molar-refractivity contribution in [3.05, 3.63) is 51.5 Å². The van der Waals surface area contributed by atoms with Crippen molar-refractivity contribution in [3.63, 3.8) is 0 Å². The Balaban J connectivity index is 1.57. The average Bonchev–Trinajstić information content (AvgIpc) is 2.89. The van der Waals surface area contributed by atoms with Gasteiger partial charge in [0.25, 0.3) is 5.91 Å². The maximum absolute atomic E-state index is 13.8. The molecule has 0 radical (unpaired) electrons. The number of aliphatic hydroxyl groups is 3. The average molecular weight is 556 g/mol. The molecule has 1 heterocycles. The minimum Gasteiger partial charge on any atom is -0.510 e. The Kier molecular flexibility index (Phi) is 7.07. The van der Waals surface area contributed by atoms with Crippen LogP contribution in [0.5, 0.6) is 5.75 Å². The Labute approximate surface area is 230 Å². The van der Waals surface area contributed by atoms with E-state index in [2.05, 4.69) is 5.32 Å². The molecular formula is C28H33N3O9. The number of ether oxygens (including phenoxy) is 1. The van der Waals surface area contributed by atoms with Crippen molar-refractivity contribution < 1.29 is 44.3 Å². The number of nitrogens with two attached hydrogens (primary N) is 1. The third kappa shape index (κ3) is 4.14. The van der Waals surface area contributed by atoms with Gasteiger partial charge in [0, 0.05) is 36.3 Å². The van der Waals surface area contributed by atoms with Crippen molar-refractivity contribution in [1.82, 2.24) is 10.2 Å². The number of benzene rings is 1. The number of hydrogen-bond donors (Lipinski definition) is 6. The van der Waals surface area contributed by atoms with Gasteiger partial charge in [0.05, 0.1) is 18.2 Å². The first-order chi connectivity index (χ1) is 18.9. The molecular weight excluding hydrogens is 522 g/mol. The van der Waals surface area contributed by atoms with E-state index in [9.17, 15) is 39.6 Å². The Morgan fingerprint density at radius 1 is 1.15 bits per heavy atom. The molecule has 3 aliphatic carbocycles. The number of aliphatic hydroxyl groups excluding tert-OH is 2. The zero-order valence-corrected chi connectivity index (χ0v) is 22.3. The molecule has 0 saturated carbocycles. The lowest BCUT2D eigenvalue weighted by Gasteiger charge is -2.50. The maximum Gasteiger partial charge on any atom is 0.255 e. The van der Waals surface area contributed by atoms with E-state index < -0.39 is 63.8 Å². The highest BCUT2D eigenvalue weighted by Crippen LogP contribution is 2.52. The second-order valence-corrected chi connectivity index (χ2v) is 11.1. The zero-order valence-electron chi connectivity index (χ0n) is 22.3. The summed E-state index contributed by atoms with van der Waals surface area (Å²) in [6, 6.07) is 1.73. The minimum atomic E-state index is -2.71. The van der Waals surface area contributed by atoms with Gasteiger partial charge in [-0.05, 0) is 63.4 Å². The van der Waals surface area contributed by atoms with Crippen LogP contribution < -0.4 is 11.1 Å². The third-order valence-corrected chi connectivity index (χ3v) is 8.68. The number of allylic oxidation sites excluding steroid dienone is 1. The van der Waals surface area contributed by atoms with E-state index >= 15 is 0 Å². The van der Waals surface area contributed by atoms with Crippen LogP contribution in [0.25, 0.3) is 0 Å². The van der Waals surface area contributed by atoms with Crippen LogP contribution in [0, 0.1) is 11.8 Å². The van der Waals surface area contributed by atoms with Gasteiger partial charge in [-0.15, -0.1) is 0 Å². The Morgan fingerprint density at radius 2 is 1.82 bits per heavy atom. The number of nitrogens with one attached hydrogen (secondary N) is 1. The normalized spacial score (nSPS) is 28.9. The summed E-state index contributed by atoms with van der Waals surface area (Å²) in [5.74, 6) is -7.54. The minimum absolute atomic E-state index is 0.0167. The van der Waals surface area contributed by atoms with Crippen LogP contribution in [0.2, 0.25) is 0 Å². The number of aromatic hydroxyl groups is 1. The van der Waals surface area contributed by atoms with Crippen LogP contribution >= 0.6 is 0 Å². The van der Waals surface area contributed by atoms with Gasteiger partial charge in [0.15, 0.2) is 17.2 Å². The van der Waals surface area contributed by atoms with Crippen molar-refractivity contribution in [1.29, 1.82) is 0 Å².